The number of amides is 1. The van der Waals surface area contributed by atoms with Gasteiger partial charge in [0.05, 0.1) is 29.2 Å². The van der Waals surface area contributed by atoms with Gasteiger partial charge >= 0.3 is 6.18 Å². The lowest BCUT2D eigenvalue weighted by Crippen LogP contribution is -2.43. The molecule has 0 saturated carbocycles. The number of benzene rings is 1. The van der Waals surface area contributed by atoms with Crippen LogP contribution in [0.25, 0.3) is 11.0 Å². The quantitative estimate of drug-likeness (QED) is 0.758. The molecule has 0 bridgehead atoms. The highest BCUT2D eigenvalue weighted by Crippen LogP contribution is 2.34. The van der Waals surface area contributed by atoms with Crippen LogP contribution >= 0.6 is 0 Å². The molecule has 3 aliphatic heterocycles. The number of carbonyl (C=O) groups is 2. The first-order chi connectivity index (χ1) is 15.7. The molecule has 10 heteroatoms. The molecule has 1 amide bonds. The van der Waals surface area contributed by atoms with E-state index in [1.165, 1.54) is 6.07 Å². The topological polar surface area (TPSA) is 70.5 Å². The van der Waals surface area contributed by atoms with E-state index in [0.29, 0.717) is 18.5 Å². The smallest absolute Gasteiger partial charge is 0.334 e. The van der Waals surface area contributed by atoms with E-state index in [1.54, 1.807) is 4.90 Å². The molecule has 33 heavy (non-hydrogen) atoms. The average molecular weight is 464 g/mol. The maximum Gasteiger partial charge on any atom is 0.416 e. The van der Waals surface area contributed by atoms with Crippen molar-refractivity contribution in [2.24, 2.45) is 0 Å². The lowest BCUT2D eigenvalue weighted by molar-refractivity contribution is -0.137. The highest BCUT2D eigenvalue weighted by molar-refractivity contribution is 5.91. The molecule has 178 valence electrons. The zero-order valence-corrected chi connectivity index (χ0v) is 18.6. The van der Waals surface area contributed by atoms with Crippen LogP contribution in [0.5, 0.6) is 0 Å². The number of aromatic nitrogens is 2. The van der Waals surface area contributed by atoms with Gasteiger partial charge in [0, 0.05) is 44.7 Å². The van der Waals surface area contributed by atoms with E-state index in [-0.39, 0.29) is 36.4 Å². The summed E-state index contributed by atoms with van der Waals surface area (Å²) in [6, 6.07) is 4.01. The number of fused-ring (bicyclic) bond motifs is 1. The molecule has 0 unspecified atom stereocenters. The van der Waals surface area contributed by atoms with Crippen molar-refractivity contribution < 1.29 is 22.8 Å². The summed E-state index contributed by atoms with van der Waals surface area (Å²) in [6.07, 6.45) is -1.43. The van der Waals surface area contributed by atoms with Crippen molar-refractivity contribution in [3.05, 3.63) is 29.6 Å². The molecule has 3 fully saturated rings. The van der Waals surface area contributed by atoms with Crippen molar-refractivity contribution in [2.45, 2.75) is 56.9 Å². The van der Waals surface area contributed by atoms with E-state index in [4.69, 9.17) is 0 Å². The van der Waals surface area contributed by atoms with Crippen LogP contribution in [0.3, 0.4) is 0 Å². The standard InChI is InChI=1S/C23H28F3N5O2/c1-14-28-19-10-15(23(24,25)26)2-3-21(19)31(14)16-4-7-29(8-5-16)17-11-20(27-12-17)22(33)30-9-6-18(32)13-30/h2-3,10,16-17,20,27H,4-9,11-13H2,1H3/t17-,20-/m0/s1. The average Bonchev–Trinajstić information content (AvgIpc) is 3.50. The van der Waals surface area contributed by atoms with Gasteiger partial charge in [-0.2, -0.15) is 13.2 Å². The largest absolute Gasteiger partial charge is 0.416 e. The number of piperidine rings is 1. The Labute approximate surface area is 189 Å². The van der Waals surface area contributed by atoms with Gasteiger partial charge in [-0.15, -0.1) is 0 Å². The minimum absolute atomic E-state index is 0.0250. The van der Waals surface area contributed by atoms with Crippen molar-refractivity contribution >= 4 is 22.7 Å². The Kier molecular flexibility index (Phi) is 5.68. The third kappa shape index (κ3) is 4.26. The zero-order chi connectivity index (χ0) is 23.3. The Balaban J connectivity index is 1.22. The number of rotatable bonds is 3. The van der Waals surface area contributed by atoms with Crippen LogP contribution in [-0.4, -0.2) is 75.8 Å². The molecule has 0 aliphatic carbocycles. The number of carbonyl (C=O) groups excluding carboxylic acids is 2. The van der Waals surface area contributed by atoms with E-state index in [1.807, 2.05) is 6.92 Å². The third-order valence-corrected chi connectivity index (χ3v) is 7.32. The molecule has 2 atom stereocenters. The fourth-order valence-corrected chi connectivity index (χ4v) is 5.59. The predicted octanol–water partition coefficient (Wildman–Crippen LogP) is 2.53. The molecule has 1 aromatic heterocycles. The zero-order valence-electron chi connectivity index (χ0n) is 18.6. The van der Waals surface area contributed by atoms with Crippen molar-refractivity contribution in [3.8, 4) is 0 Å². The summed E-state index contributed by atoms with van der Waals surface area (Å²) >= 11 is 0. The van der Waals surface area contributed by atoms with Crippen LogP contribution in [0.2, 0.25) is 0 Å². The third-order valence-electron chi connectivity index (χ3n) is 7.32. The second kappa shape index (κ2) is 8.39. The summed E-state index contributed by atoms with van der Waals surface area (Å²) in [5.74, 6) is 0.880. The van der Waals surface area contributed by atoms with Crippen LogP contribution < -0.4 is 5.32 Å². The van der Waals surface area contributed by atoms with E-state index in [2.05, 4.69) is 19.8 Å². The minimum Gasteiger partial charge on any atom is -0.334 e. The minimum atomic E-state index is -4.38. The SMILES string of the molecule is Cc1nc2cc(C(F)(F)F)ccc2n1C1CCN([C@@H]2CN[C@H](C(=O)N3CCC(=O)C3)C2)CC1. The summed E-state index contributed by atoms with van der Waals surface area (Å²) in [7, 11) is 0. The van der Waals surface area contributed by atoms with E-state index in [0.717, 1.165) is 62.4 Å². The number of ketones is 1. The fraction of sp³-hybridized carbons (Fsp3) is 0.609. The molecule has 0 radical (unpaired) electrons. The Morgan fingerprint density at radius 3 is 2.58 bits per heavy atom. The number of imidazole rings is 1. The van der Waals surface area contributed by atoms with Gasteiger partial charge < -0.3 is 14.8 Å². The first kappa shape index (κ1) is 22.3. The predicted molar refractivity (Wildman–Crippen MR) is 116 cm³/mol. The maximum absolute atomic E-state index is 13.1. The van der Waals surface area contributed by atoms with Gasteiger partial charge in [-0.3, -0.25) is 14.5 Å². The molecule has 3 aliphatic rings. The normalized spacial score (nSPS) is 25.5. The molecule has 5 rings (SSSR count). The number of hydrogen-bond acceptors (Lipinski definition) is 5. The molecule has 3 saturated heterocycles. The van der Waals surface area contributed by atoms with Gasteiger partial charge in [-0.25, -0.2) is 4.98 Å². The number of nitrogens with one attached hydrogen (secondary N) is 1. The van der Waals surface area contributed by atoms with Crippen molar-refractivity contribution in [3.63, 3.8) is 0 Å². The Morgan fingerprint density at radius 1 is 1.15 bits per heavy atom. The highest BCUT2D eigenvalue weighted by Gasteiger charge is 2.38. The van der Waals surface area contributed by atoms with Gasteiger partial charge in [-0.1, -0.05) is 0 Å². The second-order valence-corrected chi connectivity index (χ2v) is 9.40. The number of aryl methyl sites for hydroxylation is 1. The van der Waals surface area contributed by atoms with E-state index >= 15 is 0 Å². The summed E-state index contributed by atoms with van der Waals surface area (Å²) in [4.78, 5) is 32.7. The van der Waals surface area contributed by atoms with Crippen LogP contribution in [-0.2, 0) is 15.8 Å². The Morgan fingerprint density at radius 2 is 1.91 bits per heavy atom. The second-order valence-electron chi connectivity index (χ2n) is 9.40. The van der Waals surface area contributed by atoms with Crippen LogP contribution in [0, 0.1) is 6.92 Å². The number of Topliss-reactive ketones (excluding diaryl/α,β-unsaturated/α-hetero) is 1. The first-order valence-electron chi connectivity index (χ1n) is 11.5. The van der Waals surface area contributed by atoms with Crippen LogP contribution in [0.15, 0.2) is 18.2 Å². The molecular formula is C23H28F3N5O2. The lowest BCUT2D eigenvalue weighted by Gasteiger charge is -2.36. The lowest BCUT2D eigenvalue weighted by atomic mass is 10.0. The summed E-state index contributed by atoms with van der Waals surface area (Å²) in [6.45, 7) is 5.07. The van der Waals surface area contributed by atoms with Gasteiger partial charge in [-0.05, 0) is 44.4 Å². The Bertz CT molecular complexity index is 1070. The Hall–Kier alpha value is -2.46. The first-order valence-corrected chi connectivity index (χ1v) is 11.5. The van der Waals surface area contributed by atoms with Gasteiger partial charge in [0.1, 0.15) is 5.82 Å². The van der Waals surface area contributed by atoms with E-state index < -0.39 is 11.7 Å². The molecule has 2 aromatic rings. The molecule has 1 aromatic carbocycles. The van der Waals surface area contributed by atoms with Gasteiger partial charge in [0.25, 0.3) is 0 Å². The summed E-state index contributed by atoms with van der Waals surface area (Å²) in [5, 5.41) is 3.33. The molecule has 1 N–H and O–H groups in total. The van der Waals surface area contributed by atoms with Gasteiger partial charge in [0.15, 0.2) is 5.78 Å². The molecule has 0 spiro atoms. The molecular weight excluding hydrogens is 435 g/mol. The number of nitrogens with zero attached hydrogens (tertiary/aromatic N) is 4. The number of likely N-dealkylation sites (tertiary alicyclic amines) is 2. The van der Waals surface area contributed by atoms with Crippen LogP contribution in [0.1, 0.15) is 43.1 Å². The monoisotopic (exact) mass is 463 g/mol. The molecule has 7 nitrogen and oxygen atoms in total. The fourth-order valence-electron chi connectivity index (χ4n) is 5.59. The number of halogens is 3. The maximum atomic E-state index is 13.1. The van der Waals surface area contributed by atoms with Crippen molar-refractivity contribution in [1.29, 1.82) is 0 Å². The van der Waals surface area contributed by atoms with Gasteiger partial charge in [0.2, 0.25) is 5.91 Å². The van der Waals surface area contributed by atoms with E-state index in [9.17, 15) is 22.8 Å². The van der Waals surface area contributed by atoms with Crippen LogP contribution in [0.4, 0.5) is 13.2 Å². The van der Waals surface area contributed by atoms with Crippen molar-refractivity contribution in [2.75, 3.05) is 32.7 Å². The molecule has 4 heterocycles. The summed E-state index contributed by atoms with van der Waals surface area (Å²) < 4.78 is 41.3. The number of alkyl halides is 3. The van der Waals surface area contributed by atoms with Crippen molar-refractivity contribution in [1.82, 2.24) is 24.7 Å². The summed E-state index contributed by atoms with van der Waals surface area (Å²) in [5.41, 5.74) is 0.449. The highest BCUT2D eigenvalue weighted by atomic mass is 19.4. The number of hydrogen-bond donors (Lipinski definition) is 1.